The molecule has 2 aromatic rings. The first-order chi connectivity index (χ1) is 20.2. The van der Waals surface area contributed by atoms with E-state index in [4.69, 9.17) is 23.3 Å². The van der Waals surface area contributed by atoms with Crippen LogP contribution in [0.5, 0.6) is 0 Å². The van der Waals surface area contributed by atoms with Gasteiger partial charge < -0.3 is 23.3 Å². The zero-order valence-electron chi connectivity index (χ0n) is 27.4. The van der Waals surface area contributed by atoms with Gasteiger partial charge in [0.05, 0.1) is 22.4 Å². The van der Waals surface area contributed by atoms with Gasteiger partial charge in [0.15, 0.2) is 0 Å². The van der Waals surface area contributed by atoms with E-state index >= 15 is 0 Å². The molecule has 2 aliphatic rings. The first kappa shape index (κ1) is 42.0. The minimum Gasteiger partial charge on any atom is -0.399 e. The van der Waals surface area contributed by atoms with Crippen LogP contribution in [0.3, 0.4) is 0 Å². The predicted molar refractivity (Wildman–Crippen MR) is 171 cm³/mol. The largest absolute Gasteiger partial charge is 0.640 e. The molecule has 0 atom stereocenters. The van der Waals surface area contributed by atoms with Gasteiger partial charge in [-0.25, -0.2) is 0 Å². The predicted octanol–water partition coefficient (Wildman–Crippen LogP) is 11.7. The van der Waals surface area contributed by atoms with Gasteiger partial charge in [-0.15, -0.1) is 0 Å². The fraction of sp³-hybridized carbons (Fsp3) is 0.556. The van der Waals surface area contributed by atoms with Crippen LogP contribution in [0.15, 0.2) is 62.8 Å². The molecule has 0 unspecified atom stereocenters. The normalized spacial score (nSPS) is 22.9. The Hall–Kier alpha value is -1.15. The molecule has 0 saturated carbocycles. The van der Waals surface area contributed by atoms with Gasteiger partial charge >= 0.3 is 34.9 Å². The van der Waals surface area contributed by atoms with Crippen molar-refractivity contribution in [3.05, 3.63) is 53.0 Å². The molecule has 2 saturated heterocycles. The monoisotopic (exact) mass is 798 g/mol. The Balaban J connectivity index is 0.000000258. The summed E-state index contributed by atoms with van der Waals surface area (Å²) in [6.07, 6.45) is 0.120. The molecule has 0 N–H and O–H groups in total. The summed E-state index contributed by atoms with van der Waals surface area (Å²) in [5, 5.41) is 0. The fourth-order valence-electron chi connectivity index (χ4n) is 3.65. The first-order valence-electron chi connectivity index (χ1n) is 14.0. The van der Waals surface area contributed by atoms with Gasteiger partial charge in [-0.1, -0.05) is 73.0 Å². The summed E-state index contributed by atoms with van der Waals surface area (Å²) >= 11 is 2.69. The van der Waals surface area contributed by atoms with Crippen molar-refractivity contribution in [3.8, 4) is 0 Å². The lowest BCUT2D eigenvalue weighted by atomic mass is 9.79. The van der Waals surface area contributed by atoms with Gasteiger partial charge in [0.25, 0.3) is 0 Å². The van der Waals surface area contributed by atoms with Crippen LogP contribution >= 0.6 is 36.4 Å². The van der Waals surface area contributed by atoms with E-state index in [2.05, 4.69) is 15.9 Å². The summed E-state index contributed by atoms with van der Waals surface area (Å²) in [7, 11) is -20.8. The highest BCUT2D eigenvalue weighted by Crippen LogP contribution is 3.02. The molecule has 0 aliphatic carbocycles. The molecule has 272 valence electrons. The zero-order chi connectivity index (χ0) is 37.1. The maximum absolute atomic E-state index is 12.8. The lowest BCUT2D eigenvalue weighted by molar-refractivity contribution is 0.00578. The fourth-order valence-corrected chi connectivity index (χ4v) is 5.58. The highest BCUT2D eigenvalue weighted by Gasteiger charge is 2.66. The zero-order valence-corrected chi connectivity index (χ0v) is 30.6. The third-order valence-electron chi connectivity index (χ3n) is 7.69. The summed E-state index contributed by atoms with van der Waals surface area (Å²) in [6, 6.07) is 5.82. The van der Waals surface area contributed by atoms with Gasteiger partial charge in [-0.2, -0.15) is 0 Å². The van der Waals surface area contributed by atoms with Gasteiger partial charge in [0, 0.05) is 10.6 Å². The maximum atomic E-state index is 12.8. The van der Waals surface area contributed by atoms with Crippen molar-refractivity contribution in [2.45, 2.75) is 108 Å². The molecule has 2 aliphatic heterocycles. The Morgan fingerprint density at radius 2 is 0.957 bits per heavy atom. The molecular weight excluding hydrogens is 760 g/mol. The van der Waals surface area contributed by atoms with E-state index in [1.54, 1.807) is 27.7 Å². The molecule has 20 heteroatoms. The summed E-state index contributed by atoms with van der Waals surface area (Å²) in [5.74, 6) is 0. The second-order valence-electron chi connectivity index (χ2n) is 13.3. The summed E-state index contributed by atoms with van der Waals surface area (Å²) in [4.78, 5) is -3.82. The Bertz CT molecular complexity index is 1430. The van der Waals surface area contributed by atoms with Gasteiger partial charge in [-0.05, 0) is 105 Å². The highest BCUT2D eigenvalue weighted by molar-refractivity contribution is 9.10. The molecule has 0 radical (unpaired) electrons. The SMILES string of the molecule is CC(C)OB1OC(C)(C)C(C)(C)O1.CC1(C)OB(c2cccc(S(F)(F)(F)(F)F)c2)OC1(C)C.FS(F)(F)(F)(F)c1cccc(Br)c1. The van der Waals surface area contributed by atoms with Crippen molar-refractivity contribution in [1.82, 2.24) is 0 Å². The van der Waals surface area contributed by atoms with E-state index in [0.29, 0.717) is 24.3 Å². The molecule has 0 aromatic heterocycles. The van der Waals surface area contributed by atoms with Crippen molar-refractivity contribution in [1.29, 1.82) is 0 Å². The second kappa shape index (κ2) is 11.4. The summed E-state index contributed by atoms with van der Waals surface area (Å²) in [5.41, 5.74) is -2.20. The molecule has 0 spiro atoms. The number of hydrogen-bond acceptors (Lipinski definition) is 5. The number of benzene rings is 2. The van der Waals surface area contributed by atoms with Gasteiger partial charge in [0.1, 0.15) is 9.79 Å². The Morgan fingerprint density at radius 1 is 0.596 bits per heavy atom. The Kier molecular flexibility index (Phi) is 10.2. The third-order valence-corrected chi connectivity index (χ3v) is 10.5. The quantitative estimate of drug-likeness (QED) is 0.223. The van der Waals surface area contributed by atoms with Crippen molar-refractivity contribution < 1.29 is 62.1 Å². The van der Waals surface area contributed by atoms with Crippen LogP contribution in [0.2, 0.25) is 0 Å². The van der Waals surface area contributed by atoms with E-state index in [-0.39, 0.29) is 27.2 Å². The van der Waals surface area contributed by atoms with Crippen LogP contribution < -0.4 is 5.46 Å². The molecule has 0 bridgehead atoms. The highest BCUT2D eigenvalue weighted by atomic mass is 79.9. The molecule has 4 rings (SSSR count). The van der Waals surface area contributed by atoms with E-state index in [0.717, 1.165) is 12.1 Å². The average molecular weight is 799 g/mol. The molecule has 2 fully saturated rings. The Morgan fingerprint density at radius 3 is 1.30 bits per heavy atom. The molecule has 2 heterocycles. The van der Waals surface area contributed by atoms with E-state index < -0.39 is 55.9 Å². The maximum Gasteiger partial charge on any atom is 0.640 e. The number of rotatable bonds is 5. The van der Waals surface area contributed by atoms with Crippen LogP contribution in [0.4, 0.5) is 38.9 Å². The lowest BCUT2D eigenvalue weighted by Crippen LogP contribution is -2.41. The van der Waals surface area contributed by atoms with E-state index in [1.165, 1.54) is 12.1 Å². The Labute approximate surface area is 278 Å². The van der Waals surface area contributed by atoms with Crippen molar-refractivity contribution in [2.24, 2.45) is 0 Å². The number of halogens is 11. The second-order valence-corrected chi connectivity index (χ2v) is 19.0. The third kappa shape index (κ3) is 11.4. The van der Waals surface area contributed by atoms with E-state index in [1.807, 2.05) is 41.5 Å². The average Bonchev–Trinajstić information content (AvgIpc) is 3.15. The van der Waals surface area contributed by atoms with Crippen LogP contribution in [0, 0.1) is 0 Å². The molecule has 0 amide bonds. The van der Waals surface area contributed by atoms with Crippen molar-refractivity contribution >= 4 is 56.3 Å². The molecule has 2 aromatic carbocycles. The standard InChI is InChI=1S/C12H16BF5O2S.C9H19BO3.C6H4BrF5S/c1-11(2)12(3,4)20-13(19-11)9-6-5-7-10(8-9)21(14,15,16,17)18;1-7(2)11-10-12-8(3,4)9(5,6)13-10;7-5-2-1-3-6(4-5)13(8,9,10,11)12/h5-8H,1-4H3;7H,1-6H3;1-4H. The minimum absolute atomic E-state index is 0.0294. The number of hydrogen-bond donors (Lipinski definition) is 0. The topological polar surface area (TPSA) is 46.2 Å². The minimum atomic E-state index is -9.71. The molecule has 47 heavy (non-hydrogen) atoms. The van der Waals surface area contributed by atoms with Crippen LogP contribution in [0.25, 0.3) is 0 Å². The first-order valence-corrected chi connectivity index (χ1v) is 18.7. The van der Waals surface area contributed by atoms with Crippen LogP contribution in [-0.2, 0) is 23.3 Å². The van der Waals surface area contributed by atoms with Gasteiger partial charge in [-0.3, -0.25) is 0 Å². The van der Waals surface area contributed by atoms with Crippen molar-refractivity contribution in [2.75, 3.05) is 0 Å². The van der Waals surface area contributed by atoms with E-state index in [9.17, 15) is 38.9 Å². The smallest absolute Gasteiger partial charge is 0.399 e. The molecule has 5 nitrogen and oxygen atoms in total. The van der Waals surface area contributed by atoms with Crippen LogP contribution in [0.1, 0.15) is 69.2 Å². The summed E-state index contributed by atoms with van der Waals surface area (Å²) < 4.78 is 153. The van der Waals surface area contributed by atoms with Gasteiger partial charge in [0.2, 0.25) is 0 Å². The summed E-state index contributed by atoms with van der Waals surface area (Å²) in [6.45, 7) is 18.9. The van der Waals surface area contributed by atoms with Crippen LogP contribution in [-0.4, -0.2) is 42.9 Å². The lowest BCUT2D eigenvalue weighted by Gasteiger charge is -2.40. The van der Waals surface area contributed by atoms with Crippen molar-refractivity contribution in [3.63, 3.8) is 0 Å². The molecular formula is C27H39B2BrF10O5S2.